The summed E-state index contributed by atoms with van der Waals surface area (Å²) in [4.78, 5) is 15.9. The molecule has 0 fully saturated rings. The third-order valence-corrected chi connectivity index (χ3v) is 8.40. The molecule has 3 heterocycles. The number of nitrogen functional groups attached to an aromatic ring is 1. The fourth-order valence-electron chi connectivity index (χ4n) is 5.49. The first-order valence-corrected chi connectivity index (χ1v) is 14.3. The Kier molecular flexibility index (Phi) is 5.41. The van der Waals surface area contributed by atoms with Crippen LogP contribution in [0.4, 0.5) is 11.8 Å². The van der Waals surface area contributed by atoms with Crippen LogP contribution in [0, 0.1) is 5.41 Å². The Labute approximate surface area is 216 Å². The summed E-state index contributed by atoms with van der Waals surface area (Å²) >= 11 is 0. The highest BCUT2D eigenvalue weighted by atomic mass is 32.2. The average molecular weight is 519 g/mol. The third-order valence-electron chi connectivity index (χ3n) is 7.35. The van der Waals surface area contributed by atoms with Gasteiger partial charge in [0.2, 0.25) is 16.0 Å². The van der Waals surface area contributed by atoms with Gasteiger partial charge in [0, 0.05) is 23.4 Å². The van der Waals surface area contributed by atoms with E-state index in [0.29, 0.717) is 24.2 Å². The van der Waals surface area contributed by atoms with Gasteiger partial charge in [-0.1, -0.05) is 26.0 Å². The van der Waals surface area contributed by atoms with Crippen LogP contribution in [0.2, 0.25) is 0 Å². The molecule has 4 aromatic rings. The van der Waals surface area contributed by atoms with Crippen molar-refractivity contribution in [2.24, 2.45) is 5.41 Å². The van der Waals surface area contributed by atoms with Crippen molar-refractivity contribution in [1.82, 2.24) is 18.9 Å². The second kappa shape index (κ2) is 8.44. The molecule has 0 atom stereocenters. The lowest BCUT2D eigenvalue weighted by atomic mass is 9.76. The van der Waals surface area contributed by atoms with Gasteiger partial charge in [0.25, 0.3) is 0 Å². The summed E-state index contributed by atoms with van der Waals surface area (Å²) in [5, 5.41) is 0. The quantitative estimate of drug-likeness (QED) is 0.435. The van der Waals surface area contributed by atoms with Crippen molar-refractivity contribution in [2.75, 3.05) is 30.0 Å². The van der Waals surface area contributed by atoms with Gasteiger partial charge in [-0.05, 0) is 60.1 Å². The second-order valence-corrected chi connectivity index (χ2v) is 12.6. The monoisotopic (exact) mass is 518 g/mol. The molecule has 1 aliphatic carbocycles. The molecule has 0 amide bonds. The van der Waals surface area contributed by atoms with Crippen molar-refractivity contribution >= 4 is 32.8 Å². The van der Waals surface area contributed by atoms with Gasteiger partial charge in [-0.2, -0.15) is 0 Å². The van der Waals surface area contributed by atoms with Gasteiger partial charge in [-0.15, -0.1) is 0 Å². The van der Waals surface area contributed by atoms with Crippen LogP contribution in [0.15, 0.2) is 42.7 Å². The van der Waals surface area contributed by atoms with E-state index in [9.17, 15) is 8.42 Å². The second-order valence-electron chi connectivity index (χ2n) is 10.8. The number of anilines is 2. The molecule has 0 saturated heterocycles. The topological polar surface area (TPSA) is 116 Å². The molecule has 0 bridgehead atoms. The van der Waals surface area contributed by atoms with Crippen LogP contribution >= 0.6 is 0 Å². The zero-order chi connectivity index (χ0) is 25.9. The summed E-state index contributed by atoms with van der Waals surface area (Å²) in [7, 11) is -3.56. The lowest BCUT2D eigenvalue weighted by molar-refractivity contribution is 0.310. The van der Waals surface area contributed by atoms with E-state index in [1.54, 1.807) is 12.4 Å². The lowest BCUT2D eigenvalue weighted by Crippen LogP contribution is -2.31. The number of nitrogens with two attached hydrogens (primary N) is 1. The number of ether oxygens (including phenoxy) is 1. The van der Waals surface area contributed by atoms with E-state index in [-0.39, 0.29) is 11.4 Å². The maximum atomic E-state index is 12.2. The smallest absolute Gasteiger partial charge is 0.239 e. The summed E-state index contributed by atoms with van der Waals surface area (Å²) in [5.74, 6) is 1.82. The number of hydrogen-bond donors (Lipinski definition) is 1. The zero-order valence-corrected chi connectivity index (χ0v) is 22.0. The van der Waals surface area contributed by atoms with Crippen LogP contribution < -0.4 is 15.4 Å². The first kappa shape index (κ1) is 23.7. The number of rotatable bonds is 3. The predicted octanol–water partition coefficient (Wildman–Crippen LogP) is 3.80. The molecule has 2 N–H and O–H groups in total. The Morgan fingerprint density at radius 1 is 1.08 bits per heavy atom. The van der Waals surface area contributed by atoms with Gasteiger partial charge in [-0.25, -0.2) is 27.3 Å². The van der Waals surface area contributed by atoms with Gasteiger partial charge in [0.15, 0.2) is 0 Å². The van der Waals surface area contributed by atoms with Crippen LogP contribution in [0.3, 0.4) is 0 Å². The van der Waals surface area contributed by atoms with E-state index in [1.807, 2.05) is 24.3 Å². The molecular weight excluding hydrogens is 488 g/mol. The van der Waals surface area contributed by atoms with Crippen molar-refractivity contribution in [1.29, 1.82) is 0 Å². The summed E-state index contributed by atoms with van der Waals surface area (Å²) in [5.41, 5.74) is 12.5. The van der Waals surface area contributed by atoms with E-state index in [1.165, 1.54) is 5.56 Å². The van der Waals surface area contributed by atoms with E-state index < -0.39 is 10.0 Å². The Balaban J connectivity index is 1.36. The van der Waals surface area contributed by atoms with Crippen LogP contribution in [0.25, 0.3) is 22.2 Å². The Morgan fingerprint density at radius 2 is 1.86 bits per heavy atom. The van der Waals surface area contributed by atoms with Crippen molar-refractivity contribution in [3.63, 3.8) is 0 Å². The van der Waals surface area contributed by atoms with Crippen LogP contribution in [-0.4, -0.2) is 46.7 Å². The van der Waals surface area contributed by atoms with Crippen LogP contribution in [0.1, 0.15) is 37.1 Å². The Hall–Kier alpha value is -3.66. The molecule has 10 heteroatoms. The minimum Gasteiger partial charge on any atom is -0.491 e. The highest BCUT2D eigenvalue weighted by Crippen LogP contribution is 2.39. The molecule has 6 rings (SSSR count). The Bertz CT molecular complexity index is 1640. The first-order valence-electron chi connectivity index (χ1n) is 12.4. The third kappa shape index (κ3) is 4.29. The molecule has 2 aliphatic rings. The van der Waals surface area contributed by atoms with Crippen LogP contribution in [0.5, 0.6) is 5.75 Å². The van der Waals surface area contributed by atoms with E-state index in [4.69, 9.17) is 15.5 Å². The number of nitrogens with zero attached hydrogens (tertiary/aromatic N) is 5. The van der Waals surface area contributed by atoms with Gasteiger partial charge in [-0.3, -0.25) is 0 Å². The average Bonchev–Trinajstić information content (AvgIpc) is 3.04. The fraction of sp³-hybridized carbons (Fsp3) is 0.370. The molecule has 0 radical (unpaired) electrons. The SMILES string of the molecule is CC1(C)CCc2ncnc(N3CCOc4ccc(-c5ccc6c(c5)nc(N)n6S(C)(=O)=O)cc4C3)c2C1. The largest absolute Gasteiger partial charge is 0.491 e. The number of imidazole rings is 1. The van der Waals surface area contributed by atoms with Crippen molar-refractivity contribution in [3.8, 4) is 16.9 Å². The fourth-order valence-corrected chi connectivity index (χ4v) is 6.38. The standard InChI is InChI=1S/C27H30N6O3S/c1-27(2)9-8-21-20(14-27)25(30-16-29-21)32-10-11-36-24-7-5-17(12-19(24)15-32)18-4-6-23-22(13-18)31-26(28)33(23)37(3,34)35/h4-7,12-13,16H,8-11,14-15H2,1-3H3,(H2,28,31). The minimum atomic E-state index is -3.56. The molecule has 37 heavy (non-hydrogen) atoms. The molecule has 2 aromatic heterocycles. The van der Waals surface area contributed by atoms with Gasteiger partial charge in [0.1, 0.15) is 24.5 Å². The van der Waals surface area contributed by atoms with Crippen molar-refractivity contribution in [2.45, 2.75) is 39.7 Å². The molecular formula is C27H30N6O3S. The number of aryl methyl sites for hydroxylation is 1. The van der Waals surface area contributed by atoms with E-state index >= 15 is 0 Å². The molecule has 1 aliphatic heterocycles. The molecule has 0 unspecified atom stereocenters. The van der Waals surface area contributed by atoms with Gasteiger partial charge >= 0.3 is 0 Å². The number of aromatic nitrogens is 4. The molecule has 9 nitrogen and oxygen atoms in total. The maximum Gasteiger partial charge on any atom is 0.239 e. The highest BCUT2D eigenvalue weighted by molar-refractivity contribution is 7.89. The summed E-state index contributed by atoms with van der Waals surface area (Å²) < 4.78 is 31.5. The summed E-state index contributed by atoms with van der Waals surface area (Å²) in [6.45, 7) is 6.60. The molecule has 0 saturated carbocycles. The molecule has 192 valence electrons. The highest BCUT2D eigenvalue weighted by Gasteiger charge is 2.30. The first-order chi connectivity index (χ1) is 17.6. The number of benzene rings is 2. The normalized spacial score (nSPS) is 17.1. The van der Waals surface area contributed by atoms with Crippen molar-refractivity contribution < 1.29 is 13.2 Å². The van der Waals surface area contributed by atoms with E-state index in [0.717, 1.165) is 70.0 Å². The van der Waals surface area contributed by atoms with E-state index in [2.05, 4.69) is 34.8 Å². The minimum absolute atomic E-state index is 0.0445. The van der Waals surface area contributed by atoms with Gasteiger partial charge in [0.05, 0.1) is 23.8 Å². The number of fused-ring (bicyclic) bond motifs is 3. The van der Waals surface area contributed by atoms with Gasteiger partial charge < -0.3 is 15.4 Å². The Morgan fingerprint density at radius 3 is 2.68 bits per heavy atom. The summed E-state index contributed by atoms with van der Waals surface area (Å²) in [6.07, 6.45) is 5.87. The predicted molar refractivity (Wildman–Crippen MR) is 144 cm³/mol. The lowest BCUT2D eigenvalue weighted by Gasteiger charge is -2.33. The maximum absolute atomic E-state index is 12.2. The molecule has 0 spiro atoms. The zero-order valence-electron chi connectivity index (χ0n) is 21.2. The summed E-state index contributed by atoms with van der Waals surface area (Å²) in [6, 6.07) is 11.7. The number of hydrogen-bond acceptors (Lipinski definition) is 8. The van der Waals surface area contributed by atoms with Crippen LogP contribution in [-0.2, 0) is 29.4 Å². The van der Waals surface area contributed by atoms with Crippen molar-refractivity contribution in [3.05, 3.63) is 59.5 Å². The molecule has 2 aromatic carbocycles.